The van der Waals surface area contributed by atoms with Crippen LogP contribution >= 0.6 is 0 Å². The van der Waals surface area contributed by atoms with E-state index < -0.39 is 13.3 Å². The number of rotatable bonds is 1. The van der Waals surface area contributed by atoms with Crippen LogP contribution in [-0.2, 0) is 0 Å². The van der Waals surface area contributed by atoms with E-state index in [1.54, 1.807) is 0 Å². The van der Waals surface area contributed by atoms with Gasteiger partial charge in [0.1, 0.15) is 0 Å². The molecule has 0 saturated heterocycles. The molecule has 0 spiro atoms. The van der Waals surface area contributed by atoms with Gasteiger partial charge < -0.3 is 5.11 Å². The van der Waals surface area contributed by atoms with Crippen LogP contribution in [0.2, 0.25) is 19.6 Å². The quantitative estimate of drug-likeness (QED) is 0.473. The molecular weight excluding hydrogens is 152 g/mol. The van der Waals surface area contributed by atoms with Crippen molar-refractivity contribution in [3.8, 4) is 0 Å². The van der Waals surface area contributed by atoms with Gasteiger partial charge in [-0.1, -0.05) is 31.8 Å². The number of hydrogen-bond acceptors (Lipinski definition) is 1. The van der Waals surface area contributed by atoms with Gasteiger partial charge in [0.2, 0.25) is 0 Å². The summed E-state index contributed by atoms with van der Waals surface area (Å²) < 4.78 is 0. The Balaban J connectivity index is 2.80. The van der Waals surface area contributed by atoms with Crippen molar-refractivity contribution in [3.05, 3.63) is 12.2 Å². The summed E-state index contributed by atoms with van der Waals surface area (Å²) in [5.74, 6) is 0. The highest BCUT2D eigenvalue weighted by molar-refractivity contribution is 6.79. The summed E-state index contributed by atoms with van der Waals surface area (Å²) in [5, 5.41) is 9.76. The summed E-state index contributed by atoms with van der Waals surface area (Å²) >= 11 is 0. The fraction of sp³-hybridized carbons (Fsp3) is 0.778. The average Bonchev–Trinajstić information content (AvgIpc) is 1.87. The molecule has 0 fully saturated rings. The Labute approximate surface area is 70.1 Å². The second kappa shape index (κ2) is 2.76. The van der Waals surface area contributed by atoms with Gasteiger partial charge in [-0.15, -0.1) is 0 Å². The minimum Gasteiger partial charge on any atom is -0.389 e. The number of hydrogen-bond donors (Lipinski definition) is 1. The van der Waals surface area contributed by atoms with Crippen LogP contribution in [0, 0.1) is 0 Å². The molecule has 64 valence electrons. The largest absolute Gasteiger partial charge is 0.389 e. The van der Waals surface area contributed by atoms with E-state index in [0.29, 0.717) is 0 Å². The van der Waals surface area contributed by atoms with Crippen LogP contribution in [0.4, 0.5) is 0 Å². The first-order chi connectivity index (χ1) is 4.96. The monoisotopic (exact) mass is 170 g/mol. The van der Waals surface area contributed by atoms with E-state index in [1.807, 2.05) is 6.08 Å². The van der Waals surface area contributed by atoms with Crippen molar-refractivity contribution in [2.75, 3.05) is 0 Å². The third-order valence-corrected chi connectivity index (χ3v) is 5.64. The first-order valence-electron chi connectivity index (χ1n) is 4.36. The van der Waals surface area contributed by atoms with E-state index in [9.17, 15) is 5.11 Å². The van der Waals surface area contributed by atoms with Crippen molar-refractivity contribution >= 4 is 8.07 Å². The van der Waals surface area contributed by atoms with Crippen LogP contribution in [0.5, 0.6) is 0 Å². The third-order valence-electron chi connectivity index (χ3n) is 2.62. The van der Waals surface area contributed by atoms with Crippen LogP contribution in [0.15, 0.2) is 12.2 Å². The Morgan fingerprint density at radius 2 is 2.00 bits per heavy atom. The second-order valence-electron chi connectivity index (χ2n) is 4.47. The molecule has 1 nitrogen and oxygen atoms in total. The lowest BCUT2D eigenvalue weighted by Crippen LogP contribution is -2.51. The fourth-order valence-corrected chi connectivity index (χ4v) is 3.02. The summed E-state index contributed by atoms with van der Waals surface area (Å²) in [6.07, 6.45) is 7.42. The highest BCUT2D eigenvalue weighted by Crippen LogP contribution is 2.30. The number of aliphatic hydroxyl groups is 1. The summed E-state index contributed by atoms with van der Waals surface area (Å²) in [5.41, 5.74) is 0. The molecule has 2 heteroatoms. The molecule has 1 unspecified atom stereocenters. The summed E-state index contributed by atoms with van der Waals surface area (Å²) in [6, 6.07) is 0. The van der Waals surface area contributed by atoms with Gasteiger partial charge in [-0.05, 0) is 19.3 Å². The van der Waals surface area contributed by atoms with Gasteiger partial charge in [0.15, 0.2) is 0 Å². The van der Waals surface area contributed by atoms with Crippen LogP contribution < -0.4 is 0 Å². The molecule has 0 aromatic rings. The van der Waals surface area contributed by atoms with E-state index in [0.717, 1.165) is 19.3 Å². The van der Waals surface area contributed by atoms with Crippen LogP contribution in [0.25, 0.3) is 0 Å². The maximum atomic E-state index is 10.2. The van der Waals surface area contributed by atoms with E-state index in [2.05, 4.69) is 25.7 Å². The smallest absolute Gasteiger partial charge is 0.0870 e. The van der Waals surface area contributed by atoms with Crippen molar-refractivity contribution in [3.63, 3.8) is 0 Å². The lowest BCUT2D eigenvalue weighted by Gasteiger charge is -2.38. The molecule has 0 bridgehead atoms. The van der Waals surface area contributed by atoms with E-state index >= 15 is 0 Å². The zero-order valence-corrected chi connectivity index (χ0v) is 8.72. The molecular formula is C9H18OSi. The van der Waals surface area contributed by atoms with Crippen molar-refractivity contribution in [2.24, 2.45) is 0 Å². The molecule has 1 rings (SSSR count). The van der Waals surface area contributed by atoms with E-state index in [-0.39, 0.29) is 0 Å². The molecule has 0 aromatic carbocycles. The van der Waals surface area contributed by atoms with Gasteiger partial charge in [0, 0.05) is 0 Å². The van der Waals surface area contributed by atoms with Crippen LogP contribution in [-0.4, -0.2) is 18.4 Å². The van der Waals surface area contributed by atoms with Gasteiger partial charge in [-0.3, -0.25) is 0 Å². The predicted molar refractivity (Wildman–Crippen MR) is 51.3 cm³/mol. The van der Waals surface area contributed by atoms with E-state index in [4.69, 9.17) is 0 Å². The topological polar surface area (TPSA) is 20.2 Å². The first kappa shape index (κ1) is 9.01. The Kier molecular flexibility index (Phi) is 2.26. The molecule has 1 atom stereocenters. The molecule has 11 heavy (non-hydrogen) atoms. The lowest BCUT2D eigenvalue weighted by molar-refractivity contribution is 0.148. The van der Waals surface area contributed by atoms with Crippen molar-refractivity contribution in [2.45, 2.75) is 44.1 Å². The molecule has 1 aliphatic rings. The van der Waals surface area contributed by atoms with Gasteiger partial charge in [-0.25, -0.2) is 0 Å². The maximum absolute atomic E-state index is 10.2. The van der Waals surface area contributed by atoms with Gasteiger partial charge in [-0.2, -0.15) is 0 Å². The zero-order valence-electron chi connectivity index (χ0n) is 7.72. The van der Waals surface area contributed by atoms with Crippen LogP contribution in [0.3, 0.4) is 0 Å². The number of allylic oxidation sites excluding steroid dienone is 1. The molecule has 0 saturated carbocycles. The third kappa shape index (κ3) is 1.74. The van der Waals surface area contributed by atoms with E-state index in [1.165, 1.54) is 0 Å². The van der Waals surface area contributed by atoms with Gasteiger partial charge in [0.25, 0.3) is 0 Å². The molecule has 0 heterocycles. The maximum Gasteiger partial charge on any atom is 0.0870 e. The van der Waals surface area contributed by atoms with Gasteiger partial charge in [0.05, 0.1) is 13.3 Å². The molecule has 0 amide bonds. The normalized spacial score (nSPS) is 32.4. The fourth-order valence-electron chi connectivity index (χ4n) is 1.48. The predicted octanol–water partition coefficient (Wildman–Crippen LogP) is 2.33. The highest BCUT2D eigenvalue weighted by atomic mass is 28.3. The molecule has 0 radical (unpaired) electrons. The minimum atomic E-state index is -1.41. The zero-order chi connectivity index (χ0) is 8.54. The second-order valence-corrected chi connectivity index (χ2v) is 9.83. The molecule has 0 aliphatic heterocycles. The van der Waals surface area contributed by atoms with Gasteiger partial charge >= 0.3 is 0 Å². The highest BCUT2D eigenvalue weighted by Gasteiger charge is 2.39. The SMILES string of the molecule is C[Si](C)(C)C1(O)C=CCCC1. The van der Waals surface area contributed by atoms with Crippen molar-refractivity contribution < 1.29 is 5.11 Å². The molecule has 1 N–H and O–H groups in total. The molecule has 0 aromatic heterocycles. The average molecular weight is 170 g/mol. The van der Waals surface area contributed by atoms with Crippen LogP contribution in [0.1, 0.15) is 19.3 Å². The lowest BCUT2D eigenvalue weighted by atomic mass is 10.0. The first-order valence-corrected chi connectivity index (χ1v) is 7.86. The van der Waals surface area contributed by atoms with Crippen molar-refractivity contribution in [1.29, 1.82) is 0 Å². The summed E-state index contributed by atoms with van der Waals surface area (Å²) in [7, 11) is -1.41. The Morgan fingerprint density at radius 3 is 2.27 bits per heavy atom. The summed E-state index contributed by atoms with van der Waals surface area (Å²) in [6.45, 7) is 6.67. The Bertz CT molecular complexity index is 169. The summed E-state index contributed by atoms with van der Waals surface area (Å²) in [4.78, 5) is 0. The Morgan fingerprint density at radius 1 is 1.36 bits per heavy atom. The molecule has 1 aliphatic carbocycles. The van der Waals surface area contributed by atoms with Crippen molar-refractivity contribution in [1.82, 2.24) is 0 Å². The minimum absolute atomic E-state index is 0.425. The Hall–Kier alpha value is -0.0831. The standard InChI is InChI=1S/C9H18OSi/c1-11(2,3)9(10)7-5-4-6-8-9/h5,7,10H,4,6,8H2,1-3H3.